The summed E-state index contributed by atoms with van der Waals surface area (Å²) < 4.78 is 1.93. The molecule has 0 radical (unpaired) electrons. The van der Waals surface area contributed by atoms with Crippen LogP contribution >= 0.6 is 11.6 Å². The second-order valence-electron chi connectivity index (χ2n) is 5.62. The average Bonchev–Trinajstić information content (AvgIpc) is 3.11. The number of carbonyl (C=O) groups is 1. The van der Waals surface area contributed by atoms with E-state index in [1.165, 1.54) is 0 Å². The third-order valence-corrected chi connectivity index (χ3v) is 4.25. The van der Waals surface area contributed by atoms with E-state index in [0.29, 0.717) is 5.02 Å². The topological polar surface area (TPSA) is 46.9 Å². The molecular formula is C19H18ClN3O. The number of halogens is 1. The Bertz CT molecular complexity index is 813. The van der Waals surface area contributed by atoms with Crippen molar-refractivity contribution in [2.45, 2.75) is 19.4 Å². The van der Waals surface area contributed by atoms with E-state index < -0.39 is 0 Å². The van der Waals surface area contributed by atoms with Gasteiger partial charge in [-0.05, 0) is 36.2 Å². The summed E-state index contributed by atoms with van der Waals surface area (Å²) in [5.41, 5.74) is 2.91. The number of amides is 1. The van der Waals surface area contributed by atoms with Crippen LogP contribution in [0, 0.1) is 0 Å². The molecular weight excluding hydrogens is 322 g/mol. The standard InChI is InChI=1S/C19H18ClN3O/c1-14(22-19(24)12-16-4-2-3-5-18(16)20)15-6-8-17(9-7-15)23-11-10-21-13-23/h2-11,13-14H,12H2,1H3,(H,22,24)/t14-/m1/s1. The largest absolute Gasteiger partial charge is 0.349 e. The lowest BCUT2D eigenvalue weighted by Gasteiger charge is -2.15. The zero-order valence-corrected chi connectivity index (χ0v) is 14.1. The second kappa shape index (κ2) is 7.32. The van der Waals surface area contributed by atoms with Gasteiger partial charge in [0.1, 0.15) is 0 Å². The fourth-order valence-electron chi connectivity index (χ4n) is 2.54. The molecule has 0 fully saturated rings. The maximum Gasteiger partial charge on any atom is 0.224 e. The third-order valence-electron chi connectivity index (χ3n) is 3.88. The summed E-state index contributed by atoms with van der Waals surface area (Å²) in [5.74, 6) is -0.0470. The van der Waals surface area contributed by atoms with Crippen LogP contribution in [0.2, 0.25) is 5.02 Å². The summed E-state index contributed by atoms with van der Waals surface area (Å²) in [6, 6.07) is 15.4. The molecule has 1 heterocycles. The Hall–Kier alpha value is -2.59. The van der Waals surface area contributed by atoms with Gasteiger partial charge in [0.05, 0.1) is 18.8 Å². The Morgan fingerprint density at radius 2 is 1.96 bits per heavy atom. The number of nitrogens with zero attached hydrogens (tertiary/aromatic N) is 2. The molecule has 3 rings (SSSR count). The van der Waals surface area contributed by atoms with E-state index in [1.807, 2.05) is 60.2 Å². The molecule has 0 aliphatic rings. The molecule has 122 valence electrons. The molecule has 2 aromatic carbocycles. The van der Waals surface area contributed by atoms with Crippen LogP contribution in [0.15, 0.2) is 67.3 Å². The Labute approximate surface area is 146 Å². The fraction of sp³-hybridized carbons (Fsp3) is 0.158. The van der Waals surface area contributed by atoms with Crippen molar-refractivity contribution < 1.29 is 4.79 Å². The molecule has 3 aromatic rings. The van der Waals surface area contributed by atoms with Gasteiger partial charge in [-0.2, -0.15) is 0 Å². The number of nitrogens with one attached hydrogen (secondary N) is 1. The first-order valence-electron chi connectivity index (χ1n) is 7.74. The molecule has 0 spiro atoms. The van der Waals surface area contributed by atoms with E-state index >= 15 is 0 Å². The van der Waals surface area contributed by atoms with Crippen molar-refractivity contribution in [3.63, 3.8) is 0 Å². The van der Waals surface area contributed by atoms with Crippen LogP contribution in [0.25, 0.3) is 5.69 Å². The second-order valence-corrected chi connectivity index (χ2v) is 6.03. The van der Waals surface area contributed by atoms with Crippen molar-refractivity contribution in [2.75, 3.05) is 0 Å². The minimum Gasteiger partial charge on any atom is -0.349 e. The highest BCUT2D eigenvalue weighted by molar-refractivity contribution is 6.31. The number of hydrogen-bond donors (Lipinski definition) is 1. The number of imidazole rings is 1. The van der Waals surface area contributed by atoms with Gasteiger partial charge >= 0.3 is 0 Å². The Balaban J connectivity index is 1.63. The maximum atomic E-state index is 12.2. The molecule has 1 N–H and O–H groups in total. The number of benzene rings is 2. The monoisotopic (exact) mass is 339 g/mol. The summed E-state index contributed by atoms with van der Waals surface area (Å²) >= 11 is 6.10. The predicted molar refractivity (Wildman–Crippen MR) is 95.3 cm³/mol. The average molecular weight is 340 g/mol. The molecule has 5 heteroatoms. The smallest absolute Gasteiger partial charge is 0.224 e. The summed E-state index contributed by atoms with van der Waals surface area (Å²) in [4.78, 5) is 16.3. The number of rotatable bonds is 5. The van der Waals surface area contributed by atoms with Gasteiger partial charge in [0.15, 0.2) is 0 Å². The van der Waals surface area contributed by atoms with E-state index in [0.717, 1.165) is 16.8 Å². The van der Waals surface area contributed by atoms with Gasteiger partial charge < -0.3 is 9.88 Å². The molecule has 4 nitrogen and oxygen atoms in total. The summed E-state index contributed by atoms with van der Waals surface area (Å²) in [5, 5.41) is 3.63. The van der Waals surface area contributed by atoms with E-state index in [4.69, 9.17) is 11.6 Å². The molecule has 24 heavy (non-hydrogen) atoms. The minimum absolute atomic E-state index is 0.0470. The molecule has 1 amide bonds. The van der Waals surface area contributed by atoms with Crippen molar-refractivity contribution >= 4 is 17.5 Å². The van der Waals surface area contributed by atoms with Gasteiger partial charge in [-0.1, -0.05) is 41.9 Å². The van der Waals surface area contributed by atoms with Crippen LogP contribution in [0.3, 0.4) is 0 Å². The van der Waals surface area contributed by atoms with Crippen molar-refractivity contribution in [1.82, 2.24) is 14.9 Å². The zero-order valence-electron chi connectivity index (χ0n) is 13.3. The molecule has 0 unspecified atom stereocenters. The molecule has 0 aliphatic carbocycles. The van der Waals surface area contributed by atoms with Crippen LogP contribution in [0.1, 0.15) is 24.1 Å². The Kier molecular flexibility index (Phi) is 4.96. The Morgan fingerprint density at radius 1 is 1.21 bits per heavy atom. The normalized spacial score (nSPS) is 11.9. The lowest BCUT2D eigenvalue weighted by atomic mass is 10.1. The van der Waals surface area contributed by atoms with Crippen molar-refractivity contribution in [1.29, 1.82) is 0 Å². The first kappa shape index (κ1) is 16.3. The van der Waals surface area contributed by atoms with Crippen molar-refractivity contribution in [3.8, 4) is 5.69 Å². The third kappa shape index (κ3) is 3.84. The van der Waals surface area contributed by atoms with Crippen LogP contribution in [0.4, 0.5) is 0 Å². The zero-order chi connectivity index (χ0) is 16.9. The molecule has 1 atom stereocenters. The lowest BCUT2D eigenvalue weighted by Crippen LogP contribution is -2.28. The van der Waals surface area contributed by atoms with Crippen LogP contribution in [0.5, 0.6) is 0 Å². The van der Waals surface area contributed by atoms with Gasteiger partial charge in [0.2, 0.25) is 5.91 Å². The fourth-order valence-corrected chi connectivity index (χ4v) is 2.74. The molecule has 0 saturated carbocycles. The highest BCUT2D eigenvalue weighted by Gasteiger charge is 2.11. The van der Waals surface area contributed by atoms with Crippen LogP contribution in [-0.4, -0.2) is 15.5 Å². The summed E-state index contributed by atoms with van der Waals surface area (Å²) in [6.07, 6.45) is 5.66. The number of hydrogen-bond acceptors (Lipinski definition) is 2. The quantitative estimate of drug-likeness (QED) is 0.765. The SMILES string of the molecule is C[C@@H](NC(=O)Cc1ccccc1Cl)c1ccc(-n2ccnc2)cc1. The van der Waals surface area contributed by atoms with Gasteiger partial charge in [-0.25, -0.2) is 4.98 Å². The van der Waals surface area contributed by atoms with E-state index in [9.17, 15) is 4.79 Å². The van der Waals surface area contributed by atoms with Gasteiger partial charge in [-0.15, -0.1) is 0 Å². The van der Waals surface area contributed by atoms with Gasteiger partial charge in [-0.3, -0.25) is 4.79 Å². The van der Waals surface area contributed by atoms with Gasteiger partial charge in [0.25, 0.3) is 0 Å². The molecule has 0 aliphatic heterocycles. The summed E-state index contributed by atoms with van der Waals surface area (Å²) in [6.45, 7) is 1.97. The lowest BCUT2D eigenvalue weighted by molar-refractivity contribution is -0.121. The molecule has 1 aromatic heterocycles. The maximum absolute atomic E-state index is 12.2. The highest BCUT2D eigenvalue weighted by Crippen LogP contribution is 2.18. The number of carbonyl (C=O) groups excluding carboxylic acids is 1. The van der Waals surface area contributed by atoms with E-state index in [2.05, 4.69) is 10.3 Å². The van der Waals surface area contributed by atoms with E-state index in [1.54, 1.807) is 18.6 Å². The van der Waals surface area contributed by atoms with Crippen LogP contribution in [-0.2, 0) is 11.2 Å². The summed E-state index contributed by atoms with van der Waals surface area (Å²) in [7, 11) is 0. The molecule has 0 bridgehead atoms. The first-order valence-corrected chi connectivity index (χ1v) is 8.12. The molecule has 0 saturated heterocycles. The Morgan fingerprint density at radius 3 is 2.62 bits per heavy atom. The van der Waals surface area contributed by atoms with Crippen molar-refractivity contribution in [2.24, 2.45) is 0 Å². The van der Waals surface area contributed by atoms with Crippen LogP contribution < -0.4 is 5.32 Å². The highest BCUT2D eigenvalue weighted by atomic mass is 35.5. The van der Waals surface area contributed by atoms with Gasteiger partial charge in [0, 0.05) is 23.1 Å². The minimum atomic E-state index is -0.0724. The van der Waals surface area contributed by atoms with E-state index in [-0.39, 0.29) is 18.4 Å². The number of aromatic nitrogens is 2. The van der Waals surface area contributed by atoms with Crippen molar-refractivity contribution in [3.05, 3.63) is 83.4 Å². The predicted octanol–water partition coefficient (Wildman–Crippen LogP) is 3.95. The first-order chi connectivity index (χ1) is 11.6.